The van der Waals surface area contributed by atoms with Gasteiger partial charge in [-0.1, -0.05) is 19.8 Å². The number of hydrogen-bond acceptors (Lipinski definition) is 4. The van der Waals surface area contributed by atoms with E-state index in [0.717, 1.165) is 25.7 Å². The molecule has 0 saturated carbocycles. The molecule has 3 amide bonds. The molecule has 0 radical (unpaired) electrons. The Kier molecular flexibility index (Phi) is 7.87. The summed E-state index contributed by atoms with van der Waals surface area (Å²) in [6, 6.07) is -0.00212. The molecular weight excluding hydrogens is 286 g/mol. The van der Waals surface area contributed by atoms with Gasteiger partial charge in [0.2, 0.25) is 17.7 Å². The van der Waals surface area contributed by atoms with Gasteiger partial charge in [-0.3, -0.25) is 19.6 Å². The van der Waals surface area contributed by atoms with Gasteiger partial charge in [0.1, 0.15) is 0 Å². The molecule has 126 valence electrons. The second kappa shape index (κ2) is 9.40. The fraction of sp³-hybridized carbons (Fsp3) is 0.800. The van der Waals surface area contributed by atoms with Crippen molar-refractivity contribution in [2.45, 2.75) is 58.4 Å². The van der Waals surface area contributed by atoms with Crippen LogP contribution in [0.25, 0.3) is 0 Å². The SMILES string of the molecule is CCCCC(CC(=O)NO)C(=O)N1CCCC1CNC(C)=O. The highest BCUT2D eigenvalue weighted by Crippen LogP contribution is 2.23. The zero-order chi connectivity index (χ0) is 16.5. The first-order chi connectivity index (χ1) is 10.5. The van der Waals surface area contributed by atoms with E-state index in [9.17, 15) is 14.4 Å². The molecule has 1 fully saturated rings. The molecule has 0 aromatic carbocycles. The molecular formula is C15H27N3O4. The van der Waals surface area contributed by atoms with E-state index in [1.165, 1.54) is 6.92 Å². The molecule has 0 aliphatic carbocycles. The van der Waals surface area contributed by atoms with Gasteiger partial charge < -0.3 is 10.2 Å². The van der Waals surface area contributed by atoms with E-state index in [1.807, 2.05) is 6.92 Å². The number of hydrogen-bond donors (Lipinski definition) is 3. The summed E-state index contributed by atoms with van der Waals surface area (Å²) in [4.78, 5) is 36.9. The van der Waals surface area contributed by atoms with Crippen LogP contribution in [0.3, 0.4) is 0 Å². The summed E-state index contributed by atoms with van der Waals surface area (Å²) in [6.07, 6.45) is 4.20. The standard InChI is InChI=1S/C15H27N3O4/c1-3-4-6-12(9-14(20)17-22)15(21)18-8-5-7-13(18)10-16-11(2)19/h12-13,22H,3-10H2,1-2H3,(H,16,19)(H,17,20). The van der Waals surface area contributed by atoms with E-state index in [2.05, 4.69) is 5.32 Å². The fourth-order valence-corrected chi connectivity index (χ4v) is 2.87. The summed E-state index contributed by atoms with van der Waals surface area (Å²) in [5.41, 5.74) is 1.60. The number of hydroxylamine groups is 1. The highest BCUT2D eigenvalue weighted by Gasteiger charge is 2.33. The lowest BCUT2D eigenvalue weighted by molar-refractivity contribution is -0.141. The molecule has 0 aromatic heterocycles. The average molecular weight is 313 g/mol. The van der Waals surface area contributed by atoms with Crippen LogP contribution >= 0.6 is 0 Å². The van der Waals surface area contributed by atoms with E-state index in [0.29, 0.717) is 19.5 Å². The Hall–Kier alpha value is -1.63. The molecule has 1 aliphatic heterocycles. The van der Waals surface area contributed by atoms with Crippen LogP contribution in [0, 0.1) is 5.92 Å². The number of rotatable bonds is 8. The largest absolute Gasteiger partial charge is 0.354 e. The van der Waals surface area contributed by atoms with Gasteiger partial charge in [-0.2, -0.15) is 0 Å². The quantitative estimate of drug-likeness (QED) is 0.456. The molecule has 1 rings (SSSR count). The summed E-state index contributed by atoms with van der Waals surface area (Å²) >= 11 is 0. The molecule has 0 aromatic rings. The first-order valence-corrected chi connectivity index (χ1v) is 7.97. The summed E-state index contributed by atoms with van der Waals surface area (Å²) in [7, 11) is 0. The maximum Gasteiger partial charge on any atom is 0.244 e. The smallest absolute Gasteiger partial charge is 0.244 e. The van der Waals surface area contributed by atoms with Crippen molar-refractivity contribution >= 4 is 17.7 Å². The number of nitrogens with one attached hydrogen (secondary N) is 2. The molecule has 7 nitrogen and oxygen atoms in total. The van der Waals surface area contributed by atoms with Gasteiger partial charge in [-0.15, -0.1) is 0 Å². The van der Waals surface area contributed by atoms with Crippen molar-refractivity contribution in [1.29, 1.82) is 0 Å². The van der Waals surface area contributed by atoms with E-state index in [-0.39, 0.29) is 24.3 Å². The van der Waals surface area contributed by atoms with Crippen molar-refractivity contribution in [3.63, 3.8) is 0 Å². The van der Waals surface area contributed by atoms with E-state index < -0.39 is 11.8 Å². The van der Waals surface area contributed by atoms with Crippen LogP contribution in [-0.2, 0) is 14.4 Å². The molecule has 0 spiro atoms. The zero-order valence-corrected chi connectivity index (χ0v) is 13.4. The van der Waals surface area contributed by atoms with E-state index in [4.69, 9.17) is 5.21 Å². The molecule has 2 unspecified atom stereocenters. The van der Waals surface area contributed by atoms with Gasteiger partial charge in [0, 0.05) is 38.4 Å². The van der Waals surface area contributed by atoms with Gasteiger partial charge in [0.15, 0.2) is 0 Å². The second-order valence-electron chi connectivity index (χ2n) is 5.84. The molecule has 7 heteroatoms. The molecule has 1 heterocycles. The van der Waals surface area contributed by atoms with Crippen molar-refractivity contribution in [2.75, 3.05) is 13.1 Å². The Morgan fingerprint density at radius 1 is 1.36 bits per heavy atom. The maximum absolute atomic E-state index is 12.7. The Morgan fingerprint density at radius 3 is 2.68 bits per heavy atom. The first-order valence-electron chi connectivity index (χ1n) is 7.97. The zero-order valence-electron chi connectivity index (χ0n) is 13.4. The van der Waals surface area contributed by atoms with Crippen LogP contribution in [-0.4, -0.2) is 47.0 Å². The minimum atomic E-state index is -0.535. The van der Waals surface area contributed by atoms with Crippen LogP contribution in [0.15, 0.2) is 0 Å². The Bertz CT molecular complexity index is 400. The molecule has 3 N–H and O–H groups in total. The number of likely N-dealkylation sites (tertiary alicyclic amines) is 1. The van der Waals surface area contributed by atoms with Crippen LogP contribution in [0.1, 0.15) is 52.4 Å². The molecule has 1 aliphatic rings. The van der Waals surface area contributed by atoms with Crippen LogP contribution in [0.4, 0.5) is 0 Å². The Labute approximate surface area is 131 Å². The van der Waals surface area contributed by atoms with Crippen LogP contribution < -0.4 is 10.8 Å². The van der Waals surface area contributed by atoms with Crippen molar-refractivity contribution in [3.8, 4) is 0 Å². The summed E-state index contributed by atoms with van der Waals surface area (Å²) in [6.45, 7) is 4.60. The normalized spacial score (nSPS) is 18.9. The van der Waals surface area contributed by atoms with Gasteiger partial charge in [0.05, 0.1) is 0 Å². The molecule has 22 heavy (non-hydrogen) atoms. The van der Waals surface area contributed by atoms with Crippen molar-refractivity contribution < 1.29 is 19.6 Å². The van der Waals surface area contributed by atoms with Crippen molar-refractivity contribution in [1.82, 2.24) is 15.7 Å². The van der Waals surface area contributed by atoms with Gasteiger partial charge in [-0.25, -0.2) is 5.48 Å². The van der Waals surface area contributed by atoms with Crippen LogP contribution in [0.5, 0.6) is 0 Å². The van der Waals surface area contributed by atoms with Crippen LogP contribution in [0.2, 0.25) is 0 Å². The number of carbonyl (C=O) groups excluding carboxylic acids is 3. The van der Waals surface area contributed by atoms with E-state index >= 15 is 0 Å². The lowest BCUT2D eigenvalue weighted by atomic mass is 9.96. The number of carbonyl (C=O) groups is 3. The minimum absolute atomic E-state index is 0.00130. The number of nitrogens with zero attached hydrogens (tertiary/aromatic N) is 1. The van der Waals surface area contributed by atoms with Gasteiger partial charge >= 0.3 is 0 Å². The lowest BCUT2D eigenvalue weighted by Crippen LogP contribution is -2.45. The fourth-order valence-electron chi connectivity index (χ4n) is 2.87. The number of unbranched alkanes of at least 4 members (excludes halogenated alkanes) is 1. The van der Waals surface area contributed by atoms with Gasteiger partial charge in [-0.05, 0) is 19.3 Å². The maximum atomic E-state index is 12.7. The highest BCUT2D eigenvalue weighted by atomic mass is 16.5. The average Bonchev–Trinajstić information content (AvgIpc) is 2.96. The predicted molar refractivity (Wildman–Crippen MR) is 81.0 cm³/mol. The third-order valence-corrected chi connectivity index (χ3v) is 4.06. The third kappa shape index (κ3) is 5.63. The monoisotopic (exact) mass is 313 g/mol. The van der Waals surface area contributed by atoms with Crippen molar-refractivity contribution in [3.05, 3.63) is 0 Å². The van der Waals surface area contributed by atoms with E-state index in [1.54, 1.807) is 10.4 Å². The summed E-state index contributed by atoms with van der Waals surface area (Å²) in [5, 5.41) is 11.4. The topological polar surface area (TPSA) is 98.7 Å². The highest BCUT2D eigenvalue weighted by molar-refractivity contribution is 5.85. The lowest BCUT2D eigenvalue weighted by Gasteiger charge is -2.28. The first kappa shape index (κ1) is 18.4. The summed E-state index contributed by atoms with van der Waals surface area (Å²) < 4.78 is 0. The molecule has 1 saturated heterocycles. The summed E-state index contributed by atoms with van der Waals surface area (Å²) in [5.74, 6) is -1.11. The molecule has 2 atom stereocenters. The third-order valence-electron chi connectivity index (χ3n) is 4.06. The minimum Gasteiger partial charge on any atom is -0.354 e. The Morgan fingerprint density at radius 2 is 2.09 bits per heavy atom. The number of amides is 3. The Balaban J connectivity index is 2.68. The van der Waals surface area contributed by atoms with Gasteiger partial charge in [0.25, 0.3) is 0 Å². The van der Waals surface area contributed by atoms with Crippen molar-refractivity contribution in [2.24, 2.45) is 5.92 Å². The molecule has 0 bridgehead atoms. The predicted octanol–water partition coefficient (Wildman–Crippen LogP) is 0.815. The second-order valence-corrected chi connectivity index (χ2v) is 5.84.